The van der Waals surface area contributed by atoms with Gasteiger partial charge in [-0.15, -0.1) is 0 Å². The lowest BCUT2D eigenvalue weighted by atomic mass is 9.91. The first-order valence-electron chi connectivity index (χ1n) is 7.33. The predicted octanol–water partition coefficient (Wildman–Crippen LogP) is 4.34. The molecule has 3 rings (SSSR count). The Hall–Kier alpha value is -2.55. The van der Waals surface area contributed by atoms with Gasteiger partial charge in [-0.2, -0.15) is 0 Å². The Morgan fingerprint density at radius 2 is 2.00 bits per heavy atom. The summed E-state index contributed by atoms with van der Waals surface area (Å²) < 4.78 is 13.6. The average Bonchev–Trinajstić information content (AvgIpc) is 2.54. The van der Waals surface area contributed by atoms with Crippen LogP contribution in [-0.4, -0.2) is 11.3 Å². The van der Waals surface area contributed by atoms with E-state index in [1.165, 1.54) is 12.1 Å². The van der Waals surface area contributed by atoms with Gasteiger partial charge in [-0.1, -0.05) is 31.2 Å². The molecule has 2 nitrogen and oxygen atoms in total. The Kier molecular flexibility index (Phi) is 3.96. The highest BCUT2D eigenvalue weighted by molar-refractivity contribution is 5.98. The number of pyridine rings is 1. The highest BCUT2D eigenvalue weighted by Crippen LogP contribution is 2.34. The lowest BCUT2D eigenvalue weighted by molar-refractivity contribution is -0.107. The molecule has 0 fully saturated rings. The average molecular weight is 293 g/mol. The van der Waals surface area contributed by atoms with E-state index in [2.05, 4.69) is 11.9 Å². The van der Waals surface area contributed by atoms with Crippen LogP contribution in [0.2, 0.25) is 0 Å². The van der Waals surface area contributed by atoms with E-state index in [0.29, 0.717) is 6.42 Å². The fourth-order valence-corrected chi connectivity index (χ4v) is 2.89. The standard InChI is InChI=1S/C19H16FNO/c1-2-13-11-15(8-10-22)18(14-5-3-6-16(20)12-14)19-17(13)7-4-9-21-19/h3-7,9-12H,2,8H2,1H3. The van der Waals surface area contributed by atoms with Crippen LogP contribution < -0.4 is 0 Å². The summed E-state index contributed by atoms with van der Waals surface area (Å²) in [6.07, 6.45) is 3.77. The molecule has 0 N–H and O–H groups in total. The summed E-state index contributed by atoms with van der Waals surface area (Å²) in [7, 11) is 0. The highest BCUT2D eigenvalue weighted by atomic mass is 19.1. The minimum atomic E-state index is -0.293. The smallest absolute Gasteiger partial charge is 0.124 e. The molecule has 0 aliphatic heterocycles. The number of aryl methyl sites for hydroxylation is 1. The first-order chi connectivity index (χ1) is 10.7. The van der Waals surface area contributed by atoms with E-state index in [-0.39, 0.29) is 5.82 Å². The van der Waals surface area contributed by atoms with Crippen LogP contribution in [-0.2, 0) is 17.6 Å². The highest BCUT2D eigenvalue weighted by Gasteiger charge is 2.14. The Labute approximate surface area is 128 Å². The zero-order valence-electron chi connectivity index (χ0n) is 12.3. The van der Waals surface area contributed by atoms with Gasteiger partial charge in [0, 0.05) is 23.6 Å². The molecule has 0 atom stereocenters. The lowest BCUT2D eigenvalue weighted by Gasteiger charge is -2.14. The number of aldehydes is 1. The predicted molar refractivity (Wildman–Crippen MR) is 86.3 cm³/mol. The monoisotopic (exact) mass is 293 g/mol. The molecule has 0 saturated heterocycles. The molecule has 3 aromatic rings. The zero-order chi connectivity index (χ0) is 15.5. The van der Waals surface area contributed by atoms with Crippen LogP contribution in [0.15, 0.2) is 48.7 Å². The Morgan fingerprint density at radius 3 is 2.73 bits per heavy atom. The van der Waals surface area contributed by atoms with Gasteiger partial charge in [-0.25, -0.2) is 4.39 Å². The van der Waals surface area contributed by atoms with Crippen LogP contribution in [0, 0.1) is 5.82 Å². The van der Waals surface area contributed by atoms with Crippen molar-refractivity contribution >= 4 is 17.2 Å². The van der Waals surface area contributed by atoms with Gasteiger partial charge >= 0.3 is 0 Å². The molecule has 22 heavy (non-hydrogen) atoms. The van der Waals surface area contributed by atoms with Gasteiger partial charge in [-0.3, -0.25) is 4.98 Å². The SMILES string of the molecule is CCc1cc(CC=O)c(-c2cccc(F)c2)c2ncccc12. The number of carbonyl (C=O) groups excluding carboxylic acids is 1. The van der Waals surface area contributed by atoms with Gasteiger partial charge in [0.15, 0.2) is 0 Å². The number of halogens is 1. The van der Waals surface area contributed by atoms with Crippen LogP contribution in [0.1, 0.15) is 18.1 Å². The van der Waals surface area contributed by atoms with Crippen molar-refractivity contribution < 1.29 is 9.18 Å². The molecule has 0 spiro atoms. The minimum Gasteiger partial charge on any atom is -0.303 e. The molecular formula is C19H16FNO. The van der Waals surface area contributed by atoms with Gasteiger partial charge in [-0.05, 0) is 41.3 Å². The van der Waals surface area contributed by atoms with Crippen LogP contribution in [0.4, 0.5) is 4.39 Å². The molecule has 2 aromatic carbocycles. The number of benzene rings is 2. The molecule has 0 aliphatic rings. The van der Waals surface area contributed by atoms with Crippen LogP contribution in [0.5, 0.6) is 0 Å². The van der Waals surface area contributed by atoms with E-state index in [1.54, 1.807) is 12.3 Å². The normalized spacial score (nSPS) is 10.8. The van der Waals surface area contributed by atoms with Crippen molar-refractivity contribution in [1.29, 1.82) is 0 Å². The maximum atomic E-state index is 13.6. The van der Waals surface area contributed by atoms with Gasteiger partial charge in [0.2, 0.25) is 0 Å². The largest absolute Gasteiger partial charge is 0.303 e. The van der Waals surface area contributed by atoms with E-state index in [1.807, 2.05) is 24.3 Å². The number of hydrogen-bond donors (Lipinski definition) is 0. The van der Waals surface area contributed by atoms with Crippen LogP contribution in [0.3, 0.4) is 0 Å². The van der Waals surface area contributed by atoms with Gasteiger partial charge in [0.25, 0.3) is 0 Å². The quantitative estimate of drug-likeness (QED) is 0.670. The van der Waals surface area contributed by atoms with Crippen molar-refractivity contribution in [3.63, 3.8) is 0 Å². The first kappa shape index (κ1) is 14.4. The molecule has 0 radical (unpaired) electrons. The summed E-state index contributed by atoms with van der Waals surface area (Å²) in [4.78, 5) is 15.6. The lowest BCUT2D eigenvalue weighted by Crippen LogP contribution is -1.98. The van der Waals surface area contributed by atoms with Crippen molar-refractivity contribution in [2.75, 3.05) is 0 Å². The second-order valence-electron chi connectivity index (χ2n) is 5.20. The van der Waals surface area contributed by atoms with E-state index in [9.17, 15) is 9.18 Å². The maximum Gasteiger partial charge on any atom is 0.124 e. The second kappa shape index (κ2) is 6.06. The number of hydrogen-bond acceptors (Lipinski definition) is 2. The van der Waals surface area contributed by atoms with Gasteiger partial charge < -0.3 is 4.79 Å². The Morgan fingerprint density at radius 1 is 1.14 bits per heavy atom. The maximum absolute atomic E-state index is 13.6. The second-order valence-corrected chi connectivity index (χ2v) is 5.20. The van der Waals surface area contributed by atoms with Crippen molar-refractivity contribution in [3.8, 4) is 11.1 Å². The number of nitrogens with zero attached hydrogens (tertiary/aromatic N) is 1. The van der Waals surface area contributed by atoms with Crippen LogP contribution >= 0.6 is 0 Å². The number of fused-ring (bicyclic) bond motifs is 1. The topological polar surface area (TPSA) is 30.0 Å². The molecule has 0 bridgehead atoms. The summed E-state index contributed by atoms with van der Waals surface area (Å²) in [5.74, 6) is -0.293. The zero-order valence-corrected chi connectivity index (χ0v) is 12.3. The summed E-state index contributed by atoms with van der Waals surface area (Å²) in [6.45, 7) is 2.08. The Balaban J connectivity index is 2.40. The molecule has 3 heteroatoms. The summed E-state index contributed by atoms with van der Waals surface area (Å²) in [6, 6.07) is 12.4. The van der Waals surface area contributed by atoms with Crippen molar-refractivity contribution in [2.24, 2.45) is 0 Å². The third kappa shape index (κ3) is 2.50. The number of aromatic nitrogens is 1. The molecule has 0 unspecified atom stereocenters. The van der Waals surface area contributed by atoms with Crippen molar-refractivity contribution in [2.45, 2.75) is 19.8 Å². The summed E-state index contributed by atoms with van der Waals surface area (Å²) >= 11 is 0. The fraction of sp³-hybridized carbons (Fsp3) is 0.158. The molecular weight excluding hydrogens is 277 g/mol. The molecule has 0 saturated carbocycles. The summed E-state index contributed by atoms with van der Waals surface area (Å²) in [5, 5.41) is 1.05. The van der Waals surface area contributed by atoms with Crippen molar-refractivity contribution in [3.05, 3.63) is 65.6 Å². The molecule has 110 valence electrons. The van der Waals surface area contributed by atoms with Crippen molar-refractivity contribution in [1.82, 2.24) is 4.98 Å². The third-order valence-corrected chi connectivity index (χ3v) is 3.86. The number of rotatable bonds is 4. The third-order valence-electron chi connectivity index (χ3n) is 3.86. The first-order valence-corrected chi connectivity index (χ1v) is 7.33. The molecule has 0 amide bonds. The number of carbonyl (C=O) groups is 1. The van der Waals surface area contributed by atoms with Crippen LogP contribution in [0.25, 0.3) is 22.0 Å². The molecule has 0 aliphatic carbocycles. The Bertz CT molecular complexity index is 842. The van der Waals surface area contributed by atoms with E-state index in [4.69, 9.17) is 0 Å². The van der Waals surface area contributed by atoms with E-state index >= 15 is 0 Å². The fourth-order valence-electron chi connectivity index (χ4n) is 2.89. The van der Waals surface area contributed by atoms with Gasteiger partial charge in [0.1, 0.15) is 12.1 Å². The molecule has 1 heterocycles. The van der Waals surface area contributed by atoms with E-state index < -0.39 is 0 Å². The molecule has 1 aromatic heterocycles. The minimum absolute atomic E-state index is 0.293. The van der Waals surface area contributed by atoms with E-state index in [0.717, 1.165) is 45.9 Å². The van der Waals surface area contributed by atoms with Gasteiger partial charge in [0.05, 0.1) is 5.52 Å². The summed E-state index contributed by atoms with van der Waals surface area (Å²) in [5.41, 5.74) is 4.47.